The van der Waals surface area contributed by atoms with Crippen LogP contribution < -0.4 is 5.32 Å². The molecule has 5 rings (SSSR count). The Morgan fingerprint density at radius 1 is 1.11 bits per heavy atom. The third-order valence-corrected chi connectivity index (χ3v) is 6.91. The summed E-state index contributed by atoms with van der Waals surface area (Å²) >= 11 is 0. The van der Waals surface area contributed by atoms with Crippen molar-refractivity contribution in [3.63, 3.8) is 0 Å². The second-order valence-corrected chi connectivity index (χ2v) is 10.2. The summed E-state index contributed by atoms with van der Waals surface area (Å²) in [6.07, 6.45) is 10.5. The number of carbonyl (C=O) groups is 2. The van der Waals surface area contributed by atoms with E-state index in [0.717, 1.165) is 28.1 Å². The van der Waals surface area contributed by atoms with E-state index in [-0.39, 0.29) is 17.7 Å². The molecule has 0 fully saturated rings. The lowest BCUT2D eigenvalue weighted by atomic mass is 9.95. The number of amides is 2. The Hall–Kier alpha value is -4.13. The topological polar surface area (TPSA) is 83.0 Å². The van der Waals surface area contributed by atoms with Crippen molar-refractivity contribution in [1.29, 1.82) is 0 Å². The van der Waals surface area contributed by atoms with Crippen LogP contribution in [0.2, 0.25) is 0 Å². The Kier molecular flexibility index (Phi) is 6.70. The summed E-state index contributed by atoms with van der Waals surface area (Å²) in [7, 11) is 0. The first-order valence-electron chi connectivity index (χ1n) is 12.8. The van der Waals surface area contributed by atoms with E-state index in [2.05, 4.69) is 55.4 Å². The van der Waals surface area contributed by atoms with Gasteiger partial charge in [0.05, 0.1) is 13.1 Å². The standard InChI is InChI=1S/C30H33N5O2/c1-19-7-5-8-24(15-19)32-29(36)27-25-18-34(30(37)26-9-6-12-31-26)16-22(4)28(25)35(33-27)17-23-11-10-20(2)13-21(3)14-23/h5-15,21-22,31H,16-18H2,1-4H3,(H,32,36)/t21?,22-/m1/s1. The molecule has 7 heteroatoms. The van der Waals surface area contributed by atoms with Gasteiger partial charge in [0.15, 0.2) is 5.69 Å². The Morgan fingerprint density at radius 3 is 2.70 bits per heavy atom. The zero-order chi connectivity index (χ0) is 26.1. The lowest BCUT2D eigenvalue weighted by Gasteiger charge is -2.32. The Balaban J connectivity index is 1.52. The van der Waals surface area contributed by atoms with E-state index < -0.39 is 0 Å². The van der Waals surface area contributed by atoms with Crippen LogP contribution in [0.15, 0.2) is 78.0 Å². The SMILES string of the molecule is CC1=CC(C)C=C(Cn2nc(C(=O)Nc3cccc(C)c3)c3c2[C@H](C)CN(C(=O)c2ccc[nH]2)C3)C=C1. The van der Waals surface area contributed by atoms with Crippen LogP contribution in [0.4, 0.5) is 5.69 Å². The van der Waals surface area contributed by atoms with E-state index in [1.54, 1.807) is 17.2 Å². The highest BCUT2D eigenvalue weighted by Gasteiger charge is 2.34. The number of fused-ring (bicyclic) bond motifs is 1. The summed E-state index contributed by atoms with van der Waals surface area (Å²) in [4.78, 5) is 31.5. The van der Waals surface area contributed by atoms with E-state index in [4.69, 9.17) is 5.10 Å². The molecule has 1 aliphatic heterocycles. The fraction of sp³-hybridized carbons (Fsp3) is 0.300. The van der Waals surface area contributed by atoms with Crippen LogP contribution in [-0.4, -0.2) is 38.0 Å². The van der Waals surface area contributed by atoms with Crippen molar-refractivity contribution >= 4 is 17.5 Å². The Labute approximate surface area is 217 Å². The summed E-state index contributed by atoms with van der Waals surface area (Å²) in [6.45, 7) is 9.81. The molecule has 7 nitrogen and oxygen atoms in total. The van der Waals surface area contributed by atoms with Crippen molar-refractivity contribution in [1.82, 2.24) is 19.7 Å². The zero-order valence-electron chi connectivity index (χ0n) is 21.8. The molecule has 3 aromatic rings. The minimum absolute atomic E-state index is 0.0170. The van der Waals surface area contributed by atoms with Crippen molar-refractivity contribution < 1.29 is 9.59 Å². The second-order valence-electron chi connectivity index (χ2n) is 10.2. The van der Waals surface area contributed by atoms with E-state index in [0.29, 0.717) is 36.9 Å². The fourth-order valence-corrected chi connectivity index (χ4v) is 5.33. The number of benzene rings is 1. The van der Waals surface area contributed by atoms with Crippen molar-refractivity contribution in [3.8, 4) is 0 Å². The third kappa shape index (κ3) is 5.21. The molecule has 2 atom stereocenters. The number of carbonyl (C=O) groups excluding carboxylic acids is 2. The van der Waals surface area contributed by atoms with Gasteiger partial charge < -0.3 is 15.2 Å². The second kappa shape index (κ2) is 10.1. The van der Waals surface area contributed by atoms with Gasteiger partial charge in [-0.15, -0.1) is 0 Å². The number of aromatic amines is 1. The monoisotopic (exact) mass is 495 g/mol. The smallest absolute Gasteiger partial charge is 0.276 e. The first-order chi connectivity index (χ1) is 17.8. The number of aromatic nitrogens is 3. The van der Waals surface area contributed by atoms with Crippen LogP contribution in [0.25, 0.3) is 0 Å². The van der Waals surface area contributed by atoms with Gasteiger partial charge in [0.2, 0.25) is 0 Å². The van der Waals surface area contributed by atoms with E-state index in [1.807, 2.05) is 41.9 Å². The predicted molar refractivity (Wildman–Crippen MR) is 145 cm³/mol. The molecule has 190 valence electrons. The van der Waals surface area contributed by atoms with Crippen molar-refractivity contribution in [2.24, 2.45) is 5.92 Å². The maximum atomic E-state index is 13.5. The fourth-order valence-electron chi connectivity index (χ4n) is 5.33. The van der Waals surface area contributed by atoms with Gasteiger partial charge in [-0.3, -0.25) is 14.3 Å². The number of hydrogen-bond acceptors (Lipinski definition) is 3. The van der Waals surface area contributed by atoms with Gasteiger partial charge in [0.1, 0.15) is 5.69 Å². The molecule has 0 saturated heterocycles. The molecule has 0 bridgehead atoms. The summed E-state index contributed by atoms with van der Waals surface area (Å²) in [5.41, 5.74) is 6.89. The van der Waals surface area contributed by atoms with E-state index in [1.165, 1.54) is 5.57 Å². The van der Waals surface area contributed by atoms with Gasteiger partial charge in [0.25, 0.3) is 11.8 Å². The lowest BCUT2D eigenvalue weighted by Crippen LogP contribution is -2.38. The average Bonchev–Trinajstić information content (AvgIpc) is 3.47. The highest BCUT2D eigenvalue weighted by atomic mass is 16.2. The largest absolute Gasteiger partial charge is 0.357 e. The van der Waals surface area contributed by atoms with Crippen molar-refractivity contribution in [2.75, 3.05) is 11.9 Å². The number of anilines is 1. The summed E-state index contributed by atoms with van der Waals surface area (Å²) < 4.78 is 1.96. The van der Waals surface area contributed by atoms with Crippen molar-refractivity contribution in [2.45, 2.75) is 46.7 Å². The molecule has 0 spiro atoms. The number of allylic oxidation sites excluding steroid dienone is 6. The zero-order valence-corrected chi connectivity index (χ0v) is 21.8. The van der Waals surface area contributed by atoms with Crippen LogP contribution in [0.1, 0.15) is 64.5 Å². The number of hydrogen-bond donors (Lipinski definition) is 2. The first kappa shape index (κ1) is 24.6. The molecule has 1 aromatic carbocycles. The van der Waals surface area contributed by atoms with Gasteiger partial charge in [-0.05, 0) is 55.2 Å². The van der Waals surface area contributed by atoms with Crippen LogP contribution in [0.3, 0.4) is 0 Å². The number of nitrogens with zero attached hydrogens (tertiary/aromatic N) is 3. The van der Waals surface area contributed by atoms with Crippen LogP contribution in [0.5, 0.6) is 0 Å². The normalized spacial score (nSPS) is 19.1. The Bertz CT molecular complexity index is 1420. The molecule has 37 heavy (non-hydrogen) atoms. The van der Waals surface area contributed by atoms with Gasteiger partial charge >= 0.3 is 0 Å². The highest BCUT2D eigenvalue weighted by molar-refractivity contribution is 6.04. The van der Waals surface area contributed by atoms with E-state index >= 15 is 0 Å². The van der Waals surface area contributed by atoms with Gasteiger partial charge in [-0.2, -0.15) is 5.10 Å². The van der Waals surface area contributed by atoms with Gasteiger partial charge in [0, 0.05) is 35.6 Å². The molecule has 2 N–H and O–H groups in total. The minimum atomic E-state index is -0.266. The number of rotatable bonds is 5. The average molecular weight is 496 g/mol. The molecule has 2 amide bonds. The summed E-state index contributed by atoms with van der Waals surface area (Å²) in [6, 6.07) is 11.3. The summed E-state index contributed by atoms with van der Waals surface area (Å²) in [5.74, 6) is -0.0153. The molecule has 2 aromatic heterocycles. The summed E-state index contributed by atoms with van der Waals surface area (Å²) in [5, 5.41) is 7.87. The molecular formula is C30H33N5O2. The number of H-pyrrole nitrogens is 1. The maximum absolute atomic E-state index is 13.5. The van der Waals surface area contributed by atoms with Gasteiger partial charge in [-0.1, -0.05) is 55.9 Å². The highest BCUT2D eigenvalue weighted by Crippen LogP contribution is 2.33. The minimum Gasteiger partial charge on any atom is -0.357 e. The number of nitrogens with one attached hydrogen (secondary N) is 2. The van der Waals surface area contributed by atoms with Crippen molar-refractivity contribution in [3.05, 3.63) is 106 Å². The first-order valence-corrected chi connectivity index (χ1v) is 12.8. The van der Waals surface area contributed by atoms with Crippen LogP contribution >= 0.6 is 0 Å². The molecule has 1 unspecified atom stereocenters. The molecule has 0 radical (unpaired) electrons. The van der Waals surface area contributed by atoms with Gasteiger partial charge in [-0.25, -0.2) is 0 Å². The molecule has 2 aliphatic rings. The van der Waals surface area contributed by atoms with E-state index in [9.17, 15) is 9.59 Å². The maximum Gasteiger partial charge on any atom is 0.276 e. The number of aryl methyl sites for hydroxylation is 1. The molecule has 0 saturated carbocycles. The lowest BCUT2D eigenvalue weighted by molar-refractivity contribution is 0.0711. The molecule has 1 aliphatic carbocycles. The van der Waals surface area contributed by atoms with Crippen LogP contribution in [-0.2, 0) is 13.1 Å². The quantitative estimate of drug-likeness (QED) is 0.483. The molecular weight excluding hydrogens is 462 g/mol. The van der Waals surface area contributed by atoms with Crippen LogP contribution in [0, 0.1) is 12.8 Å². The predicted octanol–water partition coefficient (Wildman–Crippen LogP) is 5.61. The Morgan fingerprint density at radius 2 is 1.95 bits per heavy atom. The molecule has 3 heterocycles. The third-order valence-electron chi connectivity index (χ3n) is 6.91.